The van der Waals surface area contributed by atoms with Gasteiger partial charge in [-0.25, -0.2) is 18.4 Å². The number of aromatic nitrogens is 2. The van der Waals surface area contributed by atoms with Crippen molar-refractivity contribution in [3.63, 3.8) is 0 Å². The van der Waals surface area contributed by atoms with E-state index in [1.165, 1.54) is 12.1 Å². The Kier molecular flexibility index (Phi) is 6.48. The van der Waals surface area contributed by atoms with Gasteiger partial charge in [0.05, 0.1) is 27.3 Å². The molecule has 0 fully saturated rings. The SMILES string of the molecule is Cc1ccc(S(=O)(=O)NC(C(=O)OCc2nc3ccccc3nc2C)C(C)C)cc1. The second-order valence-electron chi connectivity index (χ2n) is 7.51. The number of nitrogens with one attached hydrogen (secondary N) is 1. The predicted molar refractivity (Wildman–Crippen MR) is 114 cm³/mol. The Morgan fingerprint density at radius 2 is 1.60 bits per heavy atom. The van der Waals surface area contributed by atoms with Gasteiger partial charge in [-0.15, -0.1) is 0 Å². The minimum atomic E-state index is -3.87. The fourth-order valence-corrected chi connectivity index (χ4v) is 4.23. The van der Waals surface area contributed by atoms with Gasteiger partial charge in [-0.05, 0) is 44.0 Å². The van der Waals surface area contributed by atoms with Gasteiger partial charge in [0.15, 0.2) is 0 Å². The molecule has 7 nitrogen and oxygen atoms in total. The number of fused-ring (bicyclic) bond motifs is 1. The summed E-state index contributed by atoms with van der Waals surface area (Å²) in [6.07, 6.45) is 0. The first-order valence-corrected chi connectivity index (χ1v) is 11.1. The van der Waals surface area contributed by atoms with Crippen LogP contribution in [0.4, 0.5) is 0 Å². The molecule has 30 heavy (non-hydrogen) atoms. The van der Waals surface area contributed by atoms with Gasteiger partial charge in [0.1, 0.15) is 12.6 Å². The number of rotatable bonds is 7. The van der Waals surface area contributed by atoms with Gasteiger partial charge in [0.2, 0.25) is 10.0 Å². The van der Waals surface area contributed by atoms with Crippen LogP contribution in [0.3, 0.4) is 0 Å². The van der Waals surface area contributed by atoms with Crippen molar-refractivity contribution in [3.05, 3.63) is 65.5 Å². The number of carbonyl (C=O) groups excluding carboxylic acids is 1. The molecule has 0 aliphatic heterocycles. The molecule has 0 aliphatic carbocycles. The number of aryl methyl sites for hydroxylation is 2. The third kappa shape index (κ3) is 5.01. The summed E-state index contributed by atoms with van der Waals surface area (Å²) >= 11 is 0. The molecule has 0 radical (unpaired) electrons. The third-order valence-corrected chi connectivity index (χ3v) is 6.19. The lowest BCUT2D eigenvalue weighted by Crippen LogP contribution is -2.45. The zero-order valence-electron chi connectivity index (χ0n) is 17.4. The second kappa shape index (κ2) is 8.89. The van der Waals surface area contributed by atoms with Crippen LogP contribution in [0, 0.1) is 19.8 Å². The largest absolute Gasteiger partial charge is 0.458 e. The van der Waals surface area contributed by atoms with Crippen LogP contribution in [0.2, 0.25) is 0 Å². The Morgan fingerprint density at radius 3 is 2.20 bits per heavy atom. The normalized spacial score (nSPS) is 12.8. The molecule has 0 aliphatic rings. The zero-order chi connectivity index (χ0) is 21.9. The Labute approximate surface area is 176 Å². The minimum Gasteiger partial charge on any atom is -0.458 e. The molecule has 158 valence electrons. The lowest BCUT2D eigenvalue weighted by Gasteiger charge is -2.21. The van der Waals surface area contributed by atoms with E-state index in [4.69, 9.17) is 4.74 Å². The number of esters is 1. The van der Waals surface area contributed by atoms with Crippen molar-refractivity contribution in [1.82, 2.24) is 14.7 Å². The molecule has 1 heterocycles. The molecule has 0 amide bonds. The van der Waals surface area contributed by atoms with Gasteiger partial charge in [-0.1, -0.05) is 43.7 Å². The number of para-hydroxylation sites is 2. The van der Waals surface area contributed by atoms with E-state index in [0.29, 0.717) is 16.9 Å². The Bertz CT molecular complexity index is 1160. The molecule has 0 saturated heterocycles. The number of hydrogen-bond acceptors (Lipinski definition) is 6. The lowest BCUT2D eigenvalue weighted by molar-refractivity contribution is -0.148. The molecular weight excluding hydrogens is 402 g/mol. The highest BCUT2D eigenvalue weighted by Crippen LogP contribution is 2.16. The highest BCUT2D eigenvalue weighted by molar-refractivity contribution is 7.89. The van der Waals surface area contributed by atoms with E-state index in [9.17, 15) is 13.2 Å². The average molecular weight is 428 g/mol. The molecule has 1 aromatic heterocycles. The fraction of sp³-hybridized carbons (Fsp3) is 0.318. The lowest BCUT2D eigenvalue weighted by atomic mass is 10.1. The predicted octanol–water partition coefficient (Wildman–Crippen LogP) is 3.29. The topological polar surface area (TPSA) is 98.2 Å². The van der Waals surface area contributed by atoms with Crippen molar-refractivity contribution in [2.24, 2.45) is 5.92 Å². The smallest absolute Gasteiger partial charge is 0.324 e. The molecule has 1 unspecified atom stereocenters. The van der Waals surface area contributed by atoms with Gasteiger partial charge in [0, 0.05) is 0 Å². The molecule has 2 aromatic carbocycles. The van der Waals surface area contributed by atoms with Crippen molar-refractivity contribution in [2.75, 3.05) is 0 Å². The molecule has 3 aromatic rings. The van der Waals surface area contributed by atoms with Crippen LogP contribution < -0.4 is 4.72 Å². The molecule has 3 rings (SSSR count). The van der Waals surface area contributed by atoms with Gasteiger partial charge in [0.25, 0.3) is 0 Å². The van der Waals surface area contributed by atoms with Crippen LogP contribution in [-0.2, 0) is 26.2 Å². The van der Waals surface area contributed by atoms with Crippen molar-refractivity contribution in [3.8, 4) is 0 Å². The second-order valence-corrected chi connectivity index (χ2v) is 9.22. The standard InChI is InChI=1S/C22H25N3O4S/c1-14(2)21(25-30(27,28)17-11-9-15(3)10-12-17)22(26)29-13-20-16(4)23-18-7-5-6-8-19(18)24-20/h5-12,14,21,25H,13H2,1-4H3. The Balaban J connectivity index is 1.74. The van der Waals surface area contributed by atoms with E-state index in [-0.39, 0.29) is 17.4 Å². The molecule has 0 bridgehead atoms. The zero-order valence-corrected chi connectivity index (χ0v) is 18.2. The fourth-order valence-electron chi connectivity index (χ4n) is 2.90. The number of sulfonamides is 1. The summed E-state index contributed by atoms with van der Waals surface area (Å²) in [5.74, 6) is -0.962. The van der Waals surface area contributed by atoms with E-state index in [0.717, 1.165) is 11.1 Å². The first-order chi connectivity index (χ1) is 14.2. The summed E-state index contributed by atoms with van der Waals surface area (Å²) in [5, 5.41) is 0. The van der Waals surface area contributed by atoms with E-state index >= 15 is 0 Å². The Morgan fingerprint density at radius 1 is 1.00 bits per heavy atom. The first kappa shape index (κ1) is 21.9. The highest BCUT2D eigenvalue weighted by atomic mass is 32.2. The summed E-state index contributed by atoms with van der Waals surface area (Å²) in [6.45, 7) is 7.09. The Hall–Kier alpha value is -2.84. The molecule has 8 heteroatoms. The van der Waals surface area contributed by atoms with Crippen LogP contribution in [0.25, 0.3) is 11.0 Å². The van der Waals surface area contributed by atoms with Crippen LogP contribution in [0.1, 0.15) is 30.8 Å². The highest BCUT2D eigenvalue weighted by Gasteiger charge is 2.30. The molecule has 0 spiro atoms. The van der Waals surface area contributed by atoms with Crippen molar-refractivity contribution < 1.29 is 17.9 Å². The van der Waals surface area contributed by atoms with Crippen LogP contribution in [0.5, 0.6) is 0 Å². The van der Waals surface area contributed by atoms with E-state index in [1.54, 1.807) is 32.9 Å². The van der Waals surface area contributed by atoms with Crippen molar-refractivity contribution in [1.29, 1.82) is 0 Å². The maximum Gasteiger partial charge on any atom is 0.324 e. The molecule has 0 saturated carbocycles. The number of ether oxygens (including phenoxy) is 1. The summed E-state index contributed by atoms with van der Waals surface area (Å²) < 4.78 is 33.3. The van der Waals surface area contributed by atoms with Gasteiger partial charge in [-0.2, -0.15) is 4.72 Å². The van der Waals surface area contributed by atoms with Crippen LogP contribution in [-0.4, -0.2) is 30.4 Å². The van der Waals surface area contributed by atoms with Gasteiger partial charge in [-0.3, -0.25) is 4.79 Å². The van der Waals surface area contributed by atoms with Gasteiger partial charge < -0.3 is 4.74 Å². The quantitative estimate of drug-likeness (QED) is 0.581. The van der Waals surface area contributed by atoms with Crippen LogP contribution >= 0.6 is 0 Å². The number of carbonyl (C=O) groups is 1. The minimum absolute atomic E-state index is 0.0853. The summed E-state index contributed by atoms with van der Waals surface area (Å²) in [4.78, 5) is 21.8. The summed E-state index contributed by atoms with van der Waals surface area (Å²) in [6, 6.07) is 12.8. The number of nitrogens with zero attached hydrogens (tertiary/aromatic N) is 2. The molecule has 1 N–H and O–H groups in total. The summed E-state index contributed by atoms with van der Waals surface area (Å²) in [5.41, 5.74) is 3.60. The number of hydrogen-bond donors (Lipinski definition) is 1. The van der Waals surface area contributed by atoms with Crippen molar-refractivity contribution in [2.45, 2.75) is 45.2 Å². The number of benzene rings is 2. The molecule has 1 atom stereocenters. The maximum atomic E-state index is 12.7. The van der Waals surface area contributed by atoms with Crippen LogP contribution in [0.15, 0.2) is 53.4 Å². The first-order valence-electron chi connectivity index (χ1n) is 9.65. The maximum absolute atomic E-state index is 12.7. The van der Waals surface area contributed by atoms with Gasteiger partial charge >= 0.3 is 5.97 Å². The van der Waals surface area contributed by atoms with E-state index in [2.05, 4.69) is 14.7 Å². The molecular formula is C22H25N3O4S. The average Bonchev–Trinajstić information content (AvgIpc) is 2.70. The van der Waals surface area contributed by atoms with E-state index < -0.39 is 22.0 Å². The summed E-state index contributed by atoms with van der Waals surface area (Å²) in [7, 11) is -3.87. The monoisotopic (exact) mass is 427 g/mol. The third-order valence-electron chi connectivity index (χ3n) is 4.73. The van der Waals surface area contributed by atoms with Crippen molar-refractivity contribution >= 4 is 27.0 Å². The van der Waals surface area contributed by atoms with E-state index in [1.807, 2.05) is 31.2 Å².